The predicted molar refractivity (Wildman–Crippen MR) is 145 cm³/mol. The van der Waals surface area contributed by atoms with Crippen molar-refractivity contribution < 1.29 is 154 Å². The molecule has 0 aromatic heterocycles. The van der Waals surface area contributed by atoms with Gasteiger partial charge in [0.1, 0.15) is 0 Å². The van der Waals surface area contributed by atoms with Gasteiger partial charge in [-0.3, -0.25) is 38.6 Å². The Labute approximate surface area is 350 Å². The summed E-state index contributed by atoms with van der Waals surface area (Å²) in [5, 5.41) is 10.8. The molecule has 4 amide bonds. The summed E-state index contributed by atoms with van der Waals surface area (Å²) >= 11 is 9.31. The number of nitrogens with zero attached hydrogens (tertiary/aromatic N) is 1. The Hall–Kier alpha value is 1.75. The number of rotatable bonds is 2. The average molecular weight is 828 g/mol. The molecule has 0 aromatic rings. The van der Waals surface area contributed by atoms with Gasteiger partial charge in [0.05, 0.1) is 64.3 Å². The van der Waals surface area contributed by atoms with Crippen LogP contribution in [0.2, 0.25) is 0 Å². The average Bonchev–Trinajstić information content (AvgIpc) is 3.65. The molecule has 0 saturated carbocycles. The number of imide groups is 2. The summed E-state index contributed by atoms with van der Waals surface area (Å²) < 4.78 is 28.0. The van der Waals surface area contributed by atoms with Crippen molar-refractivity contribution >= 4 is 77.9 Å². The van der Waals surface area contributed by atoms with Crippen LogP contribution in [0.3, 0.4) is 0 Å². The number of likely N-dealkylation sites (tertiary alicyclic amines) is 1. The quantitative estimate of drug-likeness (QED) is 0.0429. The van der Waals surface area contributed by atoms with E-state index >= 15 is 0 Å². The van der Waals surface area contributed by atoms with E-state index in [9.17, 15) is 23.6 Å². The smallest absolute Gasteiger partial charge is 1.00 e. The molecule has 6 heterocycles. The van der Waals surface area contributed by atoms with Crippen LogP contribution in [-0.2, 0) is 38.3 Å². The SMILES string of the molecule is BrCBr.CC12C=CC(C)(O1)[C@H]1C(=O)N(CBr)C(=O)[C@H]12.CC12C=CC(C)(O1)[C@H]1C(=O)NC(=O)[C@H]12.O=CO[O-].[2H]CF.[H-].[K+].[K+]. The molecular weight excluding hydrogens is 797 g/mol. The molecule has 4 bridgehead atoms. The van der Waals surface area contributed by atoms with E-state index in [4.69, 9.17) is 20.9 Å². The number of hydrogen-bond donors (Lipinski definition) is 1. The zero-order valence-corrected chi connectivity index (χ0v) is 34.5. The second-order valence-electron chi connectivity index (χ2n) is 9.89. The van der Waals surface area contributed by atoms with E-state index in [1.807, 2.05) is 52.0 Å². The molecule has 11 nitrogen and oxygen atoms in total. The van der Waals surface area contributed by atoms with E-state index in [0.29, 0.717) is 0 Å². The van der Waals surface area contributed by atoms with E-state index in [-0.39, 0.29) is 163 Å². The largest absolute Gasteiger partial charge is 1.00 e. The molecule has 4 unspecified atom stereocenters. The third-order valence-corrected chi connectivity index (χ3v) is 8.04. The molecule has 17 heteroatoms. The maximum atomic E-state index is 12.1. The molecule has 0 aliphatic carbocycles. The second kappa shape index (κ2) is 17.1. The zero-order valence-electron chi connectivity index (χ0n) is 25.5. The van der Waals surface area contributed by atoms with Gasteiger partial charge in [-0.15, -0.1) is 0 Å². The maximum absolute atomic E-state index is 12.1. The fourth-order valence-electron chi connectivity index (χ4n) is 6.18. The number of nitrogens with one attached hydrogen (secondary N) is 1. The monoisotopic (exact) mass is 825 g/mol. The minimum Gasteiger partial charge on any atom is -1.00 e. The van der Waals surface area contributed by atoms with Crippen LogP contribution in [0, 0.1) is 23.7 Å². The molecule has 8 atom stereocenters. The van der Waals surface area contributed by atoms with Gasteiger partial charge < -0.3 is 21.0 Å². The summed E-state index contributed by atoms with van der Waals surface area (Å²) in [6.07, 6.45) is 7.62. The molecule has 4 fully saturated rings. The van der Waals surface area contributed by atoms with Gasteiger partial charge in [-0.1, -0.05) is 72.1 Å². The molecule has 0 aromatic carbocycles. The van der Waals surface area contributed by atoms with Gasteiger partial charge in [0.25, 0.3) is 6.47 Å². The fourth-order valence-corrected chi connectivity index (χ4v) is 6.67. The van der Waals surface area contributed by atoms with E-state index in [1.165, 1.54) is 4.90 Å². The van der Waals surface area contributed by atoms with E-state index in [2.05, 4.69) is 58.0 Å². The van der Waals surface area contributed by atoms with Crippen molar-refractivity contribution in [2.75, 3.05) is 16.8 Å². The normalized spacial score (nSPS) is 39.0. The molecule has 220 valence electrons. The van der Waals surface area contributed by atoms with Gasteiger partial charge >= 0.3 is 103 Å². The minimum absolute atomic E-state index is 0. The van der Waals surface area contributed by atoms with E-state index < -0.39 is 29.6 Å². The van der Waals surface area contributed by atoms with Crippen molar-refractivity contribution in [1.29, 1.82) is 0 Å². The molecule has 4 saturated heterocycles. The van der Waals surface area contributed by atoms with Crippen molar-refractivity contribution in [2.45, 2.75) is 50.1 Å². The Morgan fingerprint density at radius 1 is 0.927 bits per heavy atom. The van der Waals surface area contributed by atoms with Crippen LogP contribution in [0.15, 0.2) is 24.3 Å². The Morgan fingerprint density at radius 2 is 1.20 bits per heavy atom. The van der Waals surface area contributed by atoms with Crippen molar-refractivity contribution in [1.82, 2.24) is 10.2 Å². The van der Waals surface area contributed by atoms with E-state index in [1.54, 1.807) is 0 Å². The molecule has 41 heavy (non-hydrogen) atoms. The topological polar surface area (TPSA) is 151 Å². The third-order valence-electron chi connectivity index (χ3n) is 7.54. The molecule has 6 aliphatic rings. The van der Waals surface area contributed by atoms with Crippen LogP contribution < -0.4 is 113 Å². The van der Waals surface area contributed by atoms with Crippen LogP contribution in [0.1, 0.15) is 30.5 Å². The van der Waals surface area contributed by atoms with Gasteiger partial charge in [0.2, 0.25) is 23.6 Å². The Bertz CT molecular complexity index is 1040. The summed E-state index contributed by atoms with van der Waals surface area (Å²) in [6, 6.07) is 0. The first kappa shape index (κ1) is 40.8. The summed E-state index contributed by atoms with van der Waals surface area (Å²) in [5.41, 5.74) is -2.12. The van der Waals surface area contributed by atoms with Crippen LogP contribution >= 0.6 is 47.8 Å². The second-order valence-corrected chi connectivity index (χ2v) is 13.0. The number of fused-ring (bicyclic) bond motifs is 10. The van der Waals surface area contributed by atoms with E-state index in [0.717, 1.165) is 4.24 Å². The number of ether oxygens (including phenoxy) is 2. The molecular formula is C24H30Br3FK2N2O9. The van der Waals surface area contributed by atoms with Crippen LogP contribution in [0.5, 0.6) is 0 Å². The first-order valence-corrected chi connectivity index (χ1v) is 14.8. The summed E-state index contributed by atoms with van der Waals surface area (Å²) in [6.45, 7) is 7.29. The van der Waals surface area contributed by atoms with Crippen molar-refractivity contribution in [2.24, 2.45) is 23.7 Å². The third kappa shape index (κ3) is 8.01. The number of carbonyl (C=O) groups excluding carboxylic acids is 5. The van der Waals surface area contributed by atoms with Crippen LogP contribution in [-0.4, -0.2) is 74.3 Å². The standard InChI is InChI=1S/C11H12BrNO3.C10H11NO3.CH2Br2.CH3F.CH2O3.2K.H/c1-10-3-4-11(2,16-10)7-6(10)8(14)13(5-12)9(7)15;1-9-3-4-10(2,14-9)6-5(9)7(12)11-8(6)13;2-1-3;1-2;2-1-4-3;;;/h3-4,6-7H,5H2,1-2H3;3-6H,1-2H3,(H,11,12,13);1H2;1H3;1,3H;;;/q;;;;;2*+1;-1/p-1/t6-,7+,10?,11?;5-,6+,9?,10?;;;;;;/i;;;1D;;;;. The minimum atomic E-state index is -1.00. The molecule has 6 aliphatic heterocycles. The molecule has 0 spiro atoms. The Kier molecular flexibility index (Phi) is 17.0. The first-order chi connectivity index (χ1) is 18.6. The number of carbonyl (C=O) groups is 5. The predicted octanol–water partition coefficient (Wildman–Crippen LogP) is -4.08. The van der Waals surface area contributed by atoms with Gasteiger partial charge in [-0.25, -0.2) is 0 Å². The first-order valence-electron chi connectivity index (χ1n) is 12.1. The molecule has 0 radical (unpaired) electrons. The van der Waals surface area contributed by atoms with Crippen LogP contribution in [0.25, 0.3) is 0 Å². The summed E-state index contributed by atoms with van der Waals surface area (Å²) in [7, 11) is -1.00. The van der Waals surface area contributed by atoms with Gasteiger partial charge in [-0.2, -0.15) is 0 Å². The Balaban J connectivity index is 0. The number of hydrogen-bond acceptors (Lipinski definition) is 9. The van der Waals surface area contributed by atoms with Crippen LogP contribution in [0.4, 0.5) is 4.39 Å². The number of amides is 4. The van der Waals surface area contributed by atoms with Gasteiger partial charge in [0, 0.05) is 0 Å². The van der Waals surface area contributed by atoms with Crippen molar-refractivity contribution in [3.05, 3.63) is 24.3 Å². The summed E-state index contributed by atoms with van der Waals surface area (Å²) in [4.78, 5) is 59.9. The van der Waals surface area contributed by atoms with Gasteiger partial charge in [0.15, 0.2) is 0 Å². The Morgan fingerprint density at radius 3 is 1.44 bits per heavy atom. The number of alkyl halides is 4. The zero-order chi connectivity index (χ0) is 30.7. The van der Waals surface area contributed by atoms with Gasteiger partial charge in [-0.05, 0) is 27.7 Å². The maximum Gasteiger partial charge on any atom is 1.00 e. The number of halogens is 4. The van der Waals surface area contributed by atoms with Crippen molar-refractivity contribution in [3.63, 3.8) is 0 Å². The summed E-state index contributed by atoms with van der Waals surface area (Å²) in [5.74, 6) is -2.04. The fraction of sp³-hybridized carbons (Fsp3) is 0.625. The molecule has 6 rings (SSSR count). The van der Waals surface area contributed by atoms with Crippen molar-refractivity contribution in [3.8, 4) is 0 Å². The molecule has 1 N–H and O–H groups in total.